The zero-order valence-electron chi connectivity index (χ0n) is 8.67. The summed E-state index contributed by atoms with van der Waals surface area (Å²) in [5, 5.41) is 26.7. The predicted octanol–water partition coefficient (Wildman–Crippen LogP) is 1.17. The Morgan fingerprint density at radius 2 is 2.31 bits per heavy atom. The molecule has 1 aromatic rings. The van der Waals surface area contributed by atoms with E-state index >= 15 is 0 Å². The number of carbonyl (C=O) groups is 1. The van der Waals surface area contributed by atoms with Gasteiger partial charge in [-0.1, -0.05) is 6.07 Å². The molecule has 16 heavy (non-hydrogen) atoms. The van der Waals surface area contributed by atoms with E-state index in [0.29, 0.717) is 5.56 Å². The number of methoxy groups -OCH3 is 1. The van der Waals surface area contributed by atoms with Gasteiger partial charge in [0.05, 0.1) is 13.2 Å². The Morgan fingerprint density at radius 1 is 1.62 bits per heavy atom. The quantitative estimate of drug-likeness (QED) is 0.796. The van der Waals surface area contributed by atoms with Crippen LogP contribution in [0.1, 0.15) is 5.56 Å². The van der Waals surface area contributed by atoms with Crippen molar-refractivity contribution in [1.29, 1.82) is 5.26 Å². The molecule has 1 atom stereocenters. The molecule has 0 heterocycles. The maximum atomic E-state index is 10.7. The molecule has 2 N–H and O–H groups in total. The monoisotopic (exact) mass is 221 g/mol. The van der Waals surface area contributed by atoms with Gasteiger partial charge in [0, 0.05) is 0 Å². The number of rotatable bonds is 4. The first-order valence-electron chi connectivity index (χ1n) is 4.56. The highest BCUT2D eigenvalue weighted by molar-refractivity contribution is 5.73. The van der Waals surface area contributed by atoms with Crippen LogP contribution in [0, 0.1) is 17.2 Å². The van der Waals surface area contributed by atoms with Crippen molar-refractivity contribution in [3.63, 3.8) is 0 Å². The van der Waals surface area contributed by atoms with Crippen LogP contribution < -0.4 is 4.74 Å². The number of phenols is 1. The van der Waals surface area contributed by atoms with Gasteiger partial charge in [0.25, 0.3) is 0 Å². The van der Waals surface area contributed by atoms with Crippen LogP contribution in [-0.4, -0.2) is 23.3 Å². The molecular weight excluding hydrogens is 210 g/mol. The highest BCUT2D eigenvalue weighted by Crippen LogP contribution is 2.27. The van der Waals surface area contributed by atoms with Crippen LogP contribution in [0.2, 0.25) is 0 Å². The average Bonchev–Trinajstić information content (AvgIpc) is 2.27. The van der Waals surface area contributed by atoms with Crippen LogP contribution in [0.4, 0.5) is 0 Å². The molecule has 0 aliphatic carbocycles. The minimum atomic E-state index is -1.16. The molecule has 0 bridgehead atoms. The minimum absolute atomic E-state index is 0.0184. The van der Waals surface area contributed by atoms with Gasteiger partial charge in [-0.25, -0.2) is 0 Å². The van der Waals surface area contributed by atoms with Crippen molar-refractivity contribution in [1.82, 2.24) is 0 Å². The summed E-state index contributed by atoms with van der Waals surface area (Å²) in [4.78, 5) is 10.7. The molecule has 0 radical (unpaired) electrons. The highest BCUT2D eigenvalue weighted by Gasteiger charge is 2.17. The number of nitrogens with zero attached hydrogens (tertiary/aromatic N) is 1. The molecular formula is C11H11NO4. The molecule has 0 saturated carbocycles. The molecule has 5 heteroatoms. The van der Waals surface area contributed by atoms with Gasteiger partial charge in [-0.2, -0.15) is 5.26 Å². The Balaban J connectivity index is 2.90. The molecule has 1 rings (SSSR count). The smallest absolute Gasteiger partial charge is 0.321 e. The zero-order valence-corrected chi connectivity index (χ0v) is 8.67. The number of phenolic OH excluding ortho intramolecular Hbond substituents is 1. The lowest BCUT2D eigenvalue weighted by atomic mass is 10.0. The average molecular weight is 221 g/mol. The lowest BCUT2D eigenvalue weighted by Gasteiger charge is -2.07. The Labute approximate surface area is 92.5 Å². The van der Waals surface area contributed by atoms with Gasteiger partial charge in [-0.3, -0.25) is 4.79 Å². The normalized spacial score (nSPS) is 11.5. The summed E-state index contributed by atoms with van der Waals surface area (Å²) < 4.78 is 4.88. The van der Waals surface area contributed by atoms with E-state index in [1.807, 2.05) is 0 Å². The second-order valence-corrected chi connectivity index (χ2v) is 3.23. The van der Waals surface area contributed by atoms with Crippen LogP contribution in [0.3, 0.4) is 0 Å². The molecule has 0 saturated heterocycles. The van der Waals surface area contributed by atoms with E-state index in [-0.39, 0.29) is 17.9 Å². The summed E-state index contributed by atoms with van der Waals surface area (Å²) in [6.07, 6.45) is 0.0858. The van der Waals surface area contributed by atoms with Gasteiger partial charge in [0.15, 0.2) is 11.5 Å². The first-order valence-corrected chi connectivity index (χ1v) is 4.56. The molecule has 0 fully saturated rings. The number of ether oxygens (including phenoxy) is 1. The van der Waals surface area contributed by atoms with Crippen molar-refractivity contribution in [3.05, 3.63) is 23.8 Å². The fraction of sp³-hybridized carbons (Fsp3) is 0.273. The van der Waals surface area contributed by atoms with Crippen molar-refractivity contribution < 1.29 is 19.7 Å². The molecule has 0 aliphatic rings. The molecule has 0 amide bonds. The van der Waals surface area contributed by atoms with Crippen LogP contribution in [0.15, 0.2) is 18.2 Å². The van der Waals surface area contributed by atoms with E-state index in [9.17, 15) is 9.90 Å². The molecule has 5 nitrogen and oxygen atoms in total. The van der Waals surface area contributed by atoms with E-state index in [4.69, 9.17) is 15.1 Å². The van der Waals surface area contributed by atoms with Gasteiger partial charge < -0.3 is 14.9 Å². The fourth-order valence-corrected chi connectivity index (χ4v) is 1.27. The van der Waals surface area contributed by atoms with Crippen LogP contribution in [0.25, 0.3) is 0 Å². The number of hydrogen-bond donors (Lipinski definition) is 2. The fourth-order valence-electron chi connectivity index (χ4n) is 1.27. The zero-order chi connectivity index (χ0) is 12.1. The summed E-state index contributed by atoms with van der Waals surface area (Å²) in [5.41, 5.74) is 0.628. The number of aliphatic carboxylic acids is 1. The van der Waals surface area contributed by atoms with Crippen molar-refractivity contribution in [2.24, 2.45) is 5.92 Å². The number of carboxylic acid groups (broad SMARTS) is 1. The first kappa shape index (κ1) is 11.9. The van der Waals surface area contributed by atoms with Crippen molar-refractivity contribution in [2.75, 3.05) is 7.11 Å². The number of hydrogen-bond acceptors (Lipinski definition) is 4. The lowest BCUT2D eigenvalue weighted by molar-refractivity contribution is -0.139. The van der Waals surface area contributed by atoms with Gasteiger partial charge in [0.2, 0.25) is 0 Å². The third-order valence-corrected chi connectivity index (χ3v) is 2.14. The van der Waals surface area contributed by atoms with Crippen molar-refractivity contribution >= 4 is 5.97 Å². The topological polar surface area (TPSA) is 90.5 Å². The second-order valence-electron chi connectivity index (χ2n) is 3.23. The SMILES string of the molecule is COc1cc(C[C@H](C#N)C(=O)O)ccc1O. The van der Waals surface area contributed by atoms with E-state index in [2.05, 4.69) is 0 Å². The molecule has 0 aliphatic heterocycles. The van der Waals surface area contributed by atoms with E-state index < -0.39 is 11.9 Å². The number of benzene rings is 1. The Hall–Kier alpha value is -2.22. The largest absolute Gasteiger partial charge is 0.504 e. The van der Waals surface area contributed by atoms with Crippen LogP contribution in [0.5, 0.6) is 11.5 Å². The second kappa shape index (κ2) is 5.03. The van der Waals surface area contributed by atoms with Gasteiger partial charge >= 0.3 is 5.97 Å². The number of carboxylic acids is 1. The van der Waals surface area contributed by atoms with Crippen LogP contribution >= 0.6 is 0 Å². The number of aromatic hydroxyl groups is 1. The van der Waals surface area contributed by atoms with E-state index in [1.165, 1.54) is 19.2 Å². The Kier molecular flexibility index (Phi) is 3.72. The summed E-state index contributed by atoms with van der Waals surface area (Å²) in [6, 6.07) is 6.18. The predicted molar refractivity (Wildman–Crippen MR) is 55.1 cm³/mol. The standard InChI is InChI=1S/C11H11NO4/c1-16-10-5-7(2-3-9(10)13)4-8(6-12)11(14)15/h2-3,5,8,13H,4H2,1H3,(H,14,15)/t8-/m1/s1. The van der Waals surface area contributed by atoms with Crippen molar-refractivity contribution in [2.45, 2.75) is 6.42 Å². The van der Waals surface area contributed by atoms with Crippen molar-refractivity contribution in [3.8, 4) is 17.6 Å². The summed E-state index contributed by atoms with van der Waals surface area (Å²) in [6.45, 7) is 0. The maximum absolute atomic E-state index is 10.7. The van der Waals surface area contributed by atoms with E-state index in [1.54, 1.807) is 12.1 Å². The van der Waals surface area contributed by atoms with E-state index in [0.717, 1.165) is 0 Å². The summed E-state index contributed by atoms with van der Waals surface area (Å²) in [5.74, 6) is -2.00. The molecule has 0 aromatic heterocycles. The molecule has 0 spiro atoms. The van der Waals surface area contributed by atoms with Gasteiger partial charge in [0.1, 0.15) is 5.92 Å². The third kappa shape index (κ3) is 2.64. The lowest BCUT2D eigenvalue weighted by Crippen LogP contribution is -2.14. The Bertz CT molecular complexity index is 436. The molecule has 84 valence electrons. The minimum Gasteiger partial charge on any atom is -0.504 e. The number of nitriles is 1. The first-order chi connectivity index (χ1) is 7.58. The van der Waals surface area contributed by atoms with Crippen LogP contribution in [-0.2, 0) is 11.2 Å². The third-order valence-electron chi connectivity index (χ3n) is 2.14. The summed E-state index contributed by atoms with van der Waals surface area (Å²) in [7, 11) is 1.40. The maximum Gasteiger partial charge on any atom is 0.321 e. The molecule has 1 aromatic carbocycles. The summed E-state index contributed by atoms with van der Waals surface area (Å²) >= 11 is 0. The van der Waals surface area contributed by atoms with Gasteiger partial charge in [-0.15, -0.1) is 0 Å². The van der Waals surface area contributed by atoms with Gasteiger partial charge in [-0.05, 0) is 24.1 Å². The Morgan fingerprint density at radius 3 is 2.81 bits per heavy atom. The highest BCUT2D eigenvalue weighted by atomic mass is 16.5. The molecule has 0 unspecified atom stereocenters.